The summed E-state index contributed by atoms with van der Waals surface area (Å²) in [5, 5.41) is 3.29. The Kier molecular flexibility index (Phi) is 4.24. The van der Waals surface area contributed by atoms with Crippen LogP contribution in [0.2, 0.25) is 0 Å². The molecule has 15 heavy (non-hydrogen) atoms. The minimum atomic E-state index is 0.700. The Morgan fingerprint density at radius 1 is 1.27 bits per heavy atom. The fraction of sp³-hybridized carbons (Fsp3) is 0.455. The van der Waals surface area contributed by atoms with Crippen LogP contribution >= 0.6 is 0 Å². The molecule has 0 heterocycles. The van der Waals surface area contributed by atoms with Crippen LogP contribution in [-0.4, -0.2) is 32.1 Å². The summed E-state index contributed by atoms with van der Waals surface area (Å²) in [6, 6.07) is 5.54. The van der Waals surface area contributed by atoms with Crippen LogP contribution in [0.1, 0.15) is 6.42 Å². The van der Waals surface area contributed by atoms with Crippen molar-refractivity contribution in [1.82, 2.24) is 4.90 Å². The lowest BCUT2D eigenvalue weighted by Gasteiger charge is -2.12. The number of nitrogen functional groups attached to an aromatic ring is 2. The van der Waals surface area contributed by atoms with Crippen LogP contribution in [0.25, 0.3) is 0 Å². The molecule has 0 radical (unpaired) electrons. The Labute approximate surface area is 91.2 Å². The van der Waals surface area contributed by atoms with E-state index in [1.807, 2.05) is 12.1 Å². The SMILES string of the molecule is CN(C)CCCNc1ccc(N)cc1N. The highest BCUT2D eigenvalue weighted by atomic mass is 15.1. The molecule has 1 rings (SSSR count). The van der Waals surface area contributed by atoms with Gasteiger partial charge in [-0.15, -0.1) is 0 Å². The number of hydrogen-bond donors (Lipinski definition) is 3. The maximum Gasteiger partial charge on any atom is 0.0575 e. The summed E-state index contributed by atoms with van der Waals surface area (Å²) in [4.78, 5) is 2.16. The minimum absolute atomic E-state index is 0.700. The smallest absolute Gasteiger partial charge is 0.0575 e. The van der Waals surface area contributed by atoms with Gasteiger partial charge in [0.05, 0.1) is 11.4 Å². The summed E-state index contributed by atoms with van der Waals surface area (Å²) in [6.07, 6.45) is 1.09. The Hall–Kier alpha value is -1.42. The van der Waals surface area contributed by atoms with E-state index in [0.717, 1.165) is 25.2 Å². The molecule has 0 spiro atoms. The van der Waals surface area contributed by atoms with Gasteiger partial charge in [0.25, 0.3) is 0 Å². The second kappa shape index (κ2) is 5.46. The van der Waals surface area contributed by atoms with E-state index in [2.05, 4.69) is 24.3 Å². The van der Waals surface area contributed by atoms with Gasteiger partial charge in [-0.3, -0.25) is 0 Å². The van der Waals surface area contributed by atoms with E-state index >= 15 is 0 Å². The van der Waals surface area contributed by atoms with Crippen molar-refractivity contribution in [3.8, 4) is 0 Å². The number of nitrogens with one attached hydrogen (secondary N) is 1. The Bertz CT molecular complexity index is 309. The number of hydrogen-bond acceptors (Lipinski definition) is 4. The molecule has 0 unspecified atom stereocenters. The molecule has 0 saturated heterocycles. The van der Waals surface area contributed by atoms with Gasteiger partial charge in [-0.05, 0) is 45.3 Å². The highest BCUT2D eigenvalue weighted by Gasteiger charge is 1.98. The van der Waals surface area contributed by atoms with Gasteiger partial charge in [0.2, 0.25) is 0 Å². The molecule has 5 N–H and O–H groups in total. The molecule has 0 amide bonds. The molecule has 0 aliphatic heterocycles. The fourth-order valence-corrected chi connectivity index (χ4v) is 1.36. The lowest BCUT2D eigenvalue weighted by molar-refractivity contribution is 0.405. The van der Waals surface area contributed by atoms with Gasteiger partial charge in [-0.1, -0.05) is 0 Å². The zero-order valence-corrected chi connectivity index (χ0v) is 9.46. The molecule has 4 heteroatoms. The third-order valence-corrected chi connectivity index (χ3v) is 2.17. The summed E-state index contributed by atoms with van der Waals surface area (Å²) < 4.78 is 0. The van der Waals surface area contributed by atoms with E-state index in [1.54, 1.807) is 6.07 Å². The maximum atomic E-state index is 5.81. The van der Waals surface area contributed by atoms with Gasteiger partial charge in [0.15, 0.2) is 0 Å². The van der Waals surface area contributed by atoms with Gasteiger partial charge in [-0.25, -0.2) is 0 Å². The van der Waals surface area contributed by atoms with Crippen molar-refractivity contribution in [3.63, 3.8) is 0 Å². The molecule has 0 aliphatic rings. The minimum Gasteiger partial charge on any atom is -0.399 e. The topological polar surface area (TPSA) is 67.3 Å². The second-order valence-corrected chi connectivity index (χ2v) is 3.93. The van der Waals surface area contributed by atoms with Crippen LogP contribution in [0.3, 0.4) is 0 Å². The largest absolute Gasteiger partial charge is 0.399 e. The number of anilines is 3. The zero-order valence-electron chi connectivity index (χ0n) is 9.46. The van der Waals surface area contributed by atoms with Crippen LogP contribution in [0.4, 0.5) is 17.1 Å². The molecule has 4 nitrogen and oxygen atoms in total. The lowest BCUT2D eigenvalue weighted by atomic mass is 10.2. The van der Waals surface area contributed by atoms with Crippen molar-refractivity contribution in [2.45, 2.75) is 6.42 Å². The van der Waals surface area contributed by atoms with Gasteiger partial charge < -0.3 is 21.7 Å². The maximum absolute atomic E-state index is 5.81. The van der Waals surface area contributed by atoms with Crippen LogP contribution in [-0.2, 0) is 0 Å². The highest BCUT2D eigenvalue weighted by Crippen LogP contribution is 2.20. The molecular weight excluding hydrogens is 188 g/mol. The number of nitrogens with zero attached hydrogens (tertiary/aromatic N) is 1. The molecule has 0 bridgehead atoms. The predicted molar refractivity (Wildman–Crippen MR) is 66.9 cm³/mol. The average molecular weight is 208 g/mol. The molecule has 84 valence electrons. The summed E-state index contributed by atoms with van der Waals surface area (Å²) in [5.74, 6) is 0. The van der Waals surface area contributed by atoms with Crippen molar-refractivity contribution in [1.29, 1.82) is 0 Å². The van der Waals surface area contributed by atoms with Crippen molar-refractivity contribution >= 4 is 17.1 Å². The first-order valence-corrected chi connectivity index (χ1v) is 5.13. The molecule has 0 aliphatic carbocycles. The fourth-order valence-electron chi connectivity index (χ4n) is 1.36. The predicted octanol–water partition coefficient (Wildman–Crippen LogP) is 1.21. The molecule has 0 fully saturated rings. The molecule has 0 saturated carbocycles. The molecule has 0 atom stereocenters. The van der Waals surface area contributed by atoms with Gasteiger partial charge in [0.1, 0.15) is 0 Å². The van der Waals surface area contributed by atoms with Gasteiger partial charge in [0, 0.05) is 12.2 Å². The van der Waals surface area contributed by atoms with E-state index in [0.29, 0.717) is 11.4 Å². The molecule has 0 aromatic heterocycles. The van der Waals surface area contributed by atoms with Crippen molar-refractivity contribution in [2.24, 2.45) is 0 Å². The van der Waals surface area contributed by atoms with Gasteiger partial charge in [-0.2, -0.15) is 0 Å². The van der Waals surface area contributed by atoms with Crippen LogP contribution in [0.15, 0.2) is 18.2 Å². The van der Waals surface area contributed by atoms with E-state index in [9.17, 15) is 0 Å². The summed E-state index contributed by atoms with van der Waals surface area (Å²) in [7, 11) is 4.13. The lowest BCUT2D eigenvalue weighted by Crippen LogP contribution is -2.16. The summed E-state index contributed by atoms with van der Waals surface area (Å²) >= 11 is 0. The number of rotatable bonds is 5. The third-order valence-electron chi connectivity index (χ3n) is 2.17. The van der Waals surface area contributed by atoms with Crippen LogP contribution < -0.4 is 16.8 Å². The van der Waals surface area contributed by atoms with E-state index < -0.39 is 0 Å². The first kappa shape index (κ1) is 11.7. The monoisotopic (exact) mass is 208 g/mol. The molecule has 1 aromatic rings. The standard InChI is InChI=1S/C11H20N4/c1-15(2)7-3-6-14-11-5-4-9(12)8-10(11)13/h4-5,8,14H,3,6-7,12-13H2,1-2H3. The summed E-state index contributed by atoms with van der Waals surface area (Å²) in [5.41, 5.74) is 13.8. The van der Waals surface area contributed by atoms with E-state index in [-0.39, 0.29) is 0 Å². The zero-order chi connectivity index (χ0) is 11.3. The Morgan fingerprint density at radius 2 is 2.00 bits per heavy atom. The van der Waals surface area contributed by atoms with Crippen molar-refractivity contribution < 1.29 is 0 Å². The molecule has 1 aromatic carbocycles. The highest BCUT2D eigenvalue weighted by molar-refractivity contribution is 5.70. The summed E-state index contributed by atoms with van der Waals surface area (Å²) in [6.45, 7) is 1.99. The first-order valence-electron chi connectivity index (χ1n) is 5.13. The normalized spacial score (nSPS) is 10.6. The Balaban J connectivity index is 2.37. The first-order chi connectivity index (χ1) is 7.09. The quantitative estimate of drug-likeness (QED) is 0.502. The second-order valence-electron chi connectivity index (χ2n) is 3.93. The van der Waals surface area contributed by atoms with Crippen LogP contribution in [0, 0.1) is 0 Å². The van der Waals surface area contributed by atoms with Crippen molar-refractivity contribution in [3.05, 3.63) is 18.2 Å². The van der Waals surface area contributed by atoms with E-state index in [4.69, 9.17) is 11.5 Å². The Morgan fingerprint density at radius 3 is 2.60 bits per heavy atom. The number of nitrogens with two attached hydrogens (primary N) is 2. The third kappa shape index (κ3) is 4.08. The van der Waals surface area contributed by atoms with Crippen LogP contribution in [0.5, 0.6) is 0 Å². The average Bonchev–Trinajstić information content (AvgIpc) is 2.14. The van der Waals surface area contributed by atoms with E-state index in [1.165, 1.54) is 0 Å². The van der Waals surface area contributed by atoms with Gasteiger partial charge >= 0.3 is 0 Å². The van der Waals surface area contributed by atoms with Crippen molar-refractivity contribution in [2.75, 3.05) is 44.0 Å². The molecular formula is C11H20N4. The number of benzene rings is 1.